The van der Waals surface area contributed by atoms with Gasteiger partial charge in [0.05, 0.1) is 30.4 Å². The standard InChI is InChI=1S/C29H28FN3O5/c1-15-9-12-21(38-15)27(29(2,3)4)32-24-23(25(35)26(24)36)31-19-11-10-18(30)17-13-33(28(37)22(17)19)20-8-6-5-7-16(20)14-34/h5-12,27,31-32,34H,13-14H2,1-4H3/t27-/m0/s1. The van der Waals surface area contributed by atoms with Gasteiger partial charge in [-0.25, -0.2) is 4.39 Å². The third-order valence-corrected chi connectivity index (χ3v) is 6.85. The molecule has 1 aliphatic heterocycles. The number of benzene rings is 2. The van der Waals surface area contributed by atoms with Gasteiger partial charge in [-0.2, -0.15) is 0 Å². The molecular formula is C29H28FN3O5. The van der Waals surface area contributed by atoms with Gasteiger partial charge < -0.3 is 25.1 Å². The second-order valence-corrected chi connectivity index (χ2v) is 10.6. The van der Waals surface area contributed by atoms with E-state index in [0.29, 0.717) is 22.8 Å². The lowest BCUT2D eigenvalue weighted by Crippen LogP contribution is -2.39. The molecule has 0 radical (unpaired) electrons. The molecule has 0 fully saturated rings. The Morgan fingerprint density at radius 1 is 1.03 bits per heavy atom. The molecule has 3 aromatic carbocycles. The van der Waals surface area contributed by atoms with Crippen LogP contribution in [0.3, 0.4) is 0 Å². The lowest BCUT2D eigenvalue weighted by atomic mass is 9.85. The molecule has 0 spiro atoms. The Morgan fingerprint density at radius 2 is 1.74 bits per heavy atom. The van der Waals surface area contributed by atoms with E-state index in [1.165, 1.54) is 17.0 Å². The van der Waals surface area contributed by atoms with Gasteiger partial charge in [-0.1, -0.05) is 39.0 Å². The van der Waals surface area contributed by atoms with E-state index in [-0.39, 0.29) is 46.8 Å². The van der Waals surface area contributed by atoms with Crippen molar-refractivity contribution in [3.8, 4) is 0 Å². The van der Waals surface area contributed by atoms with Crippen molar-refractivity contribution in [3.05, 3.63) is 103 Å². The summed E-state index contributed by atoms with van der Waals surface area (Å²) in [5, 5.41) is 15.8. The molecule has 0 aliphatic carbocycles. The number of anilines is 4. The first-order valence-corrected chi connectivity index (χ1v) is 12.3. The normalized spacial score (nSPS) is 14.2. The van der Waals surface area contributed by atoms with Crippen molar-refractivity contribution in [2.24, 2.45) is 5.41 Å². The van der Waals surface area contributed by atoms with Gasteiger partial charge in [0, 0.05) is 16.8 Å². The van der Waals surface area contributed by atoms with Gasteiger partial charge >= 0.3 is 0 Å². The fraction of sp³-hybridized carbons (Fsp3) is 0.276. The Kier molecular flexibility index (Phi) is 6.19. The number of hydrogen-bond donors (Lipinski definition) is 3. The number of nitrogens with zero attached hydrogens (tertiary/aromatic N) is 1. The summed E-state index contributed by atoms with van der Waals surface area (Å²) >= 11 is 0. The van der Waals surface area contributed by atoms with Crippen LogP contribution in [-0.2, 0) is 13.2 Å². The van der Waals surface area contributed by atoms with Gasteiger partial charge in [0.2, 0.25) is 0 Å². The van der Waals surface area contributed by atoms with Crippen molar-refractivity contribution in [2.45, 2.75) is 46.9 Å². The first-order chi connectivity index (χ1) is 18.0. The minimum atomic E-state index is -0.734. The number of para-hydroxylation sites is 1. The summed E-state index contributed by atoms with van der Waals surface area (Å²) in [5.41, 5.74) is -0.265. The van der Waals surface area contributed by atoms with E-state index in [2.05, 4.69) is 10.6 Å². The number of fused-ring (bicyclic) bond motifs is 1. The molecule has 1 atom stereocenters. The summed E-state index contributed by atoms with van der Waals surface area (Å²) in [6, 6.07) is 12.7. The number of aliphatic hydroxyl groups is 1. The van der Waals surface area contributed by atoms with E-state index in [1.807, 2.05) is 39.8 Å². The maximum Gasteiger partial charge on any atom is 0.261 e. The van der Waals surface area contributed by atoms with Crippen LogP contribution in [0, 0.1) is 18.2 Å². The molecular weight excluding hydrogens is 489 g/mol. The molecule has 1 aliphatic rings. The summed E-state index contributed by atoms with van der Waals surface area (Å²) in [6.45, 7) is 7.43. The van der Waals surface area contributed by atoms with Crippen molar-refractivity contribution in [1.82, 2.24) is 0 Å². The molecule has 0 unspecified atom stereocenters. The molecule has 9 heteroatoms. The number of furan rings is 1. The SMILES string of the molecule is Cc1ccc([C@H](Nc2c(Nc3ccc(F)c4c3C(=O)N(c3ccccc3CO)C4)c(=O)c2=O)C(C)(C)C)o1. The minimum absolute atomic E-state index is 0.00310. The predicted octanol–water partition coefficient (Wildman–Crippen LogP) is 4.92. The zero-order valence-corrected chi connectivity index (χ0v) is 21.5. The van der Waals surface area contributed by atoms with E-state index >= 15 is 0 Å². The third kappa shape index (κ3) is 4.18. The highest BCUT2D eigenvalue weighted by Crippen LogP contribution is 2.40. The van der Waals surface area contributed by atoms with E-state index < -0.39 is 28.6 Å². The van der Waals surface area contributed by atoms with E-state index in [0.717, 1.165) is 0 Å². The molecule has 1 aromatic heterocycles. The van der Waals surface area contributed by atoms with Crippen molar-refractivity contribution < 1.29 is 18.7 Å². The van der Waals surface area contributed by atoms with Gasteiger partial charge in [0.15, 0.2) is 0 Å². The van der Waals surface area contributed by atoms with Gasteiger partial charge in [0.25, 0.3) is 16.8 Å². The topological polar surface area (TPSA) is 112 Å². The number of rotatable bonds is 7. The fourth-order valence-corrected chi connectivity index (χ4v) is 4.84. The Morgan fingerprint density at radius 3 is 2.39 bits per heavy atom. The van der Waals surface area contributed by atoms with Crippen LogP contribution in [0.2, 0.25) is 0 Å². The molecule has 196 valence electrons. The maximum absolute atomic E-state index is 14.8. The first-order valence-electron chi connectivity index (χ1n) is 12.3. The molecule has 0 bridgehead atoms. The summed E-state index contributed by atoms with van der Waals surface area (Å²) < 4.78 is 20.7. The molecule has 2 heterocycles. The van der Waals surface area contributed by atoms with Gasteiger partial charge in [-0.05, 0) is 42.7 Å². The predicted molar refractivity (Wildman–Crippen MR) is 143 cm³/mol. The Balaban J connectivity index is 1.50. The average molecular weight is 518 g/mol. The number of aryl methyl sites for hydroxylation is 1. The van der Waals surface area contributed by atoms with Crippen LogP contribution in [0.15, 0.2) is 62.5 Å². The van der Waals surface area contributed by atoms with Crippen LogP contribution in [-0.4, -0.2) is 11.0 Å². The smallest absolute Gasteiger partial charge is 0.261 e. The van der Waals surface area contributed by atoms with Crippen molar-refractivity contribution in [3.63, 3.8) is 0 Å². The lowest BCUT2D eigenvalue weighted by molar-refractivity contribution is 0.0997. The van der Waals surface area contributed by atoms with Gasteiger partial charge in [-0.15, -0.1) is 0 Å². The highest BCUT2D eigenvalue weighted by molar-refractivity contribution is 6.14. The number of carbonyl (C=O) groups is 1. The molecule has 1 amide bonds. The molecule has 0 saturated heterocycles. The Hall–Kier alpha value is -4.24. The number of carbonyl (C=O) groups excluding carboxylic acids is 1. The van der Waals surface area contributed by atoms with E-state index in [4.69, 9.17) is 4.42 Å². The number of hydrogen-bond acceptors (Lipinski definition) is 7. The summed E-state index contributed by atoms with van der Waals surface area (Å²) in [5.74, 6) is 0.291. The van der Waals surface area contributed by atoms with Crippen molar-refractivity contribution in [2.75, 3.05) is 15.5 Å². The molecule has 3 N–H and O–H groups in total. The van der Waals surface area contributed by atoms with Crippen LogP contribution in [0.5, 0.6) is 0 Å². The summed E-state index contributed by atoms with van der Waals surface area (Å²) in [6.07, 6.45) is 0. The number of amides is 1. The van der Waals surface area contributed by atoms with Crippen LogP contribution < -0.4 is 26.4 Å². The molecule has 8 nitrogen and oxygen atoms in total. The van der Waals surface area contributed by atoms with Crippen LogP contribution in [0.4, 0.5) is 27.1 Å². The first kappa shape index (κ1) is 25.4. The van der Waals surface area contributed by atoms with E-state index in [9.17, 15) is 23.9 Å². The van der Waals surface area contributed by atoms with Crippen molar-refractivity contribution >= 4 is 28.7 Å². The zero-order valence-electron chi connectivity index (χ0n) is 21.5. The quantitative estimate of drug-likeness (QED) is 0.298. The number of nitrogens with one attached hydrogen (secondary N) is 2. The van der Waals surface area contributed by atoms with Crippen LogP contribution in [0.1, 0.15) is 59.8 Å². The lowest BCUT2D eigenvalue weighted by Gasteiger charge is -2.31. The number of aliphatic hydroxyl groups excluding tert-OH is 1. The van der Waals surface area contributed by atoms with Gasteiger partial charge in [0.1, 0.15) is 28.7 Å². The summed E-state index contributed by atoms with van der Waals surface area (Å²) in [7, 11) is 0. The minimum Gasteiger partial charge on any atom is -0.464 e. The molecule has 4 aromatic rings. The van der Waals surface area contributed by atoms with Crippen LogP contribution >= 0.6 is 0 Å². The largest absolute Gasteiger partial charge is 0.464 e. The van der Waals surface area contributed by atoms with Gasteiger partial charge in [-0.3, -0.25) is 14.4 Å². The molecule has 0 saturated carbocycles. The second kappa shape index (κ2) is 9.25. The van der Waals surface area contributed by atoms with Crippen LogP contribution in [0.25, 0.3) is 0 Å². The average Bonchev–Trinajstić information content (AvgIpc) is 3.47. The number of halogens is 1. The zero-order chi connectivity index (χ0) is 27.4. The molecule has 5 rings (SSSR count). The molecule has 38 heavy (non-hydrogen) atoms. The third-order valence-electron chi connectivity index (χ3n) is 6.85. The monoisotopic (exact) mass is 517 g/mol. The highest BCUT2D eigenvalue weighted by atomic mass is 19.1. The highest BCUT2D eigenvalue weighted by Gasteiger charge is 2.36. The van der Waals surface area contributed by atoms with E-state index in [1.54, 1.807) is 24.3 Å². The Labute approximate surface area is 218 Å². The second-order valence-electron chi connectivity index (χ2n) is 10.6. The fourth-order valence-electron chi connectivity index (χ4n) is 4.84. The maximum atomic E-state index is 14.8. The Bertz CT molecular complexity index is 1620. The van der Waals surface area contributed by atoms with Crippen molar-refractivity contribution in [1.29, 1.82) is 0 Å². The summed E-state index contributed by atoms with van der Waals surface area (Å²) in [4.78, 5) is 40.1.